The van der Waals surface area contributed by atoms with Gasteiger partial charge in [0.2, 0.25) is 0 Å². The zero-order chi connectivity index (χ0) is 15.7. The third-order valence-corrected chi connectivity index (χ3v) is 3.93. The minimum atomic E-state index is -0.611. The maximum atomic E-state index is 12.7. The maximum absolute atomic E-state index is 12.7. The molecule has 7 nitrogen and oxygen atoms in total. The van der Waals surface area contributed by atoms with E-state index < -0.39 is 23.5 Å². The van der Waals surface area contributed by atoms with Gasteiger partial charge in [0, 0.05) is 13.6 Å². The number of ether oxygens (including phenoxy) is 1. The Balaban J connectivity index is 2.46. The van der Waals surface area contributed by atoms with Crippen molar-refractivity contribution in [1.29, 1.82) is 0 Å². The van der Waals surface area contributed by atoms with Gasteiger partial charge in [-0.2, -0.15) is 5.10 Å². The largest absolute Gasteiger partial charge is 0.467 e. The topological polar surface area (TPSA) is 81.5 Å². The van der Waals surface area contributed by atoms with Crippen molar-refractivity contribution in [3.05, 3.63) is 27.2 Å². The molecule has 1 amide bonds. The van der Waals surface area contributed by atoms with Crippen molar-refractivity contribution in [3.8, 4) is 0 Å². The fourth-order valence-corrected chi connectivity index (χ4v) is 2.63. The monoisotopic (exact) mass is 293 g/mol. The summed E-state index contributed by atoms with van der Waals surface area (Å²) in [5.41, 5.74) is 0.812. The first kappa shape index (κ1) is 15.2. The van der Waals surface area contributed by atoms with Crippen molar-refractivity contribution >= 4 is 11.9 Å². The number of carbonyl (C=O) groups excluding carboxylic acids is 2. The quantitative estimate of drug-likeness (QED) is 0.726. The predicted octanol–water partition coefficient (Wildman–Crippen LogP) is 0.175. The van der Waals surface area contributed by atoms with Crippen LogP contribution in [0.25, 0.3) is 0 Å². The number of hydrogen-bond acceptors (Lipinski definition) is 5. The molecule has 0 N–H and O–H groups in total. The van der Waals surface area contributed by atoms with Crippen molar-refractivity contribution in [3.63, 3.8) is 0 Å². The summed E-state index contributed by atoms with van der Waals surface area (Å²) >= 11 is 0. The summed E-state index contributed by atoms with van der Waals surface area (Å²) in [6.07, 6.45) is 1.27. The Kier molecular flexibility index (Phi) is 4.11. The molecule has 114 valence electrons. The summed E-state index contributed by atoms with van der Waals surface area (Å²) in [5.74, 6) is -0.868. The SMILES string of the molecule is COC(=O)C1CCCN1C(=O)c1c(C)c(C)nn(C)c1=O. The van der Waals surface area contributed by atoms with Gasteiger partial charge in [0.15, 0.2) is 0 Å². The van der Waals surface area contributed by atoms with Gasteiger partial charge in [-0.25, -0.2) is 9.48 Å². The lowest BCUT2D eigenvalue weighted by Gasteiger charge is -2.23. The molecule has 7 heteroatoms. The summed E-state index contributed by atoms with van der Waals surface area (Å²) in [7, 11) is 2.80. The summed E-state index contributed by atoms with van der Waals surface area (Å²) in [6, 6.07) is -0.611. The van der Waals surface area contributed by atoms with Crippen molar-refractivity contribution in [2.75, 3.05) is 13.7 Å². The van der Waals surface area contributed by atoms with E-state index in [0.29, 0.717) is 24.2 Å². The second-order valence-electron chi connectivity index (χ2n) is 5.19. The third kappa shape index (κ3) is 2.55. The lowest BCUT2D eigenvalue weighted by atomic mass is 10.1. The molecule has 2 heterocycles. The van der Waals surface area contributed by atoms with Gasteiger partial charge in [0.05, 0.1) is 12.8 Å². The molecule has 1 atom stereocenters. The van der Waals surface area contributed by atoms with Crippen LogP contribution in [0.15, 0.2) is 4.79 Å². The van der Waals surface area contributed by atoms with Crippen LogP contribution < -0.4 is 5.56 Å². The first-order valence-corrected chi connectivity index (χ1v) is 6.81. The highest BCUT2D eigenvalue weighted by atomic mass is 16.5. The highest BCUT2D eigenvalue weighted by molar-refractivity contribution is 5.98. The van der Waals surface area contributed by atoms with E-state index in [-0.39, 0.29) is 5.56 Å². The molecule has 2 rings (SSSR count). The summed E-state index contributed by atoms with van der Waals surface area (Å²) in [6.45, 7) is 3.88. The Morgan fingerprint density at radius 1 is 1.33 bits per heavy atom. The summed E-state index contributed by atoms with van der Waals surface area (Å²) < 4.78 is 5.88. The van der Waals surface area contributed by atoms with Gasteiger partial charge in [0.25, 0.3) is 11.5 Å². The van der Waals surface area contributed by atoms with Crippen LogP contribution in [-0.2, 0) is 16.6 Å². The molecule has 1 aliphatic heterocycles. The van der Waals surface area contributed by atoms with E-state index in [1.165, 1.54) is 19.1 Å². The van der Waals surface area contributed by atoms with E-state index in [1.807, 2.05) is 0 Å². The zero-order valence-corrected chi connectivity index (χ0v) is 12.7. The van der Waals surface area contributed by atoms with Gasteiger partial charge in [0.1, 0.15) is 11.6 Å². The number of aryl methyl sites for hydroxylation is 2. The maximum Gasteiger partial charge on any atom is 0.328 e. The zero-order valence-electron chi connectivity index (χ0n) is 12.7. The van der Waals surface area contributed by atoms with Crippen LogP contribution in [0.2, 0.25) is 0 Å². The Morgan fingerprint density at radius 2 is 2.00 bits per heavy atom. The number of likely N-dealkylation sites (tertiary alicyclic amines) is 1. The second kappa shape index (κ2) is 5.67. The Morgan fingerprint density at radius 3 is 2.62 bits per heavy atom. The van der Waals surface area contributed by atoms with E-state index >= 15 is 0 Å². The molecule has 1 aromatic heterocycles. The smallest absolute Gasteiger partial charge is 0.328 e. The number of hydrogen-bond donors (Lipinski definition) is 0. The van der Waals surface area contributed by atoms with Crippen molar-refractivity contribution in [1.82, 2.24) is 14.7 Å². The van der Waals surface area contributed by atoms with E-state index in [0.717, 1.165) is 11.1 Å². The van der Waals surface area contributed by atoms with Crippen LogP contribution in [0.4, 0.5) is 0 Å². The molecule has 0 saturated carbocycles. The highest BCUT2D eigenvalue weighted by Gasteiger charge is 2.37. The van der Waals surface area contributed by atoms with Gasteiger partial charge >= 0.3 is 5.97 Å². The molecular weight excluding hydrogens is 274 g/mol. The van der Waals surface area contributed by atoms with Crippen LogP contribution in [0, 0.1) is 13.8 Å². The number of rotatable bonds is 2. The van der Waals surface area contributed by atoms with Gasteiger partial charge < -0.3 is 9.64 Å². The van der Waals surface area contributed by atoms with Gasteiger partial charge in [-0.05, 0) is 32.3 Å². The van der Waals surface area contributed by atoms with Crippen LogP contribution in [0.5, 0.6) is 0 Å². The molecule has 1 aliphatic rings. The van der Waals surface area contributed by atoms with E-state index in [9.17, 15) is 14.4 Å². The Labute approximate surface area is 122 Å². The highest BCUT2D eigenvalue weighted by Crippen LogP contribution is 2.21. The standard InChI is InChI=1S/C14H19N3O4/c1-8-9(2)15-16(3)12(18)11(8)13(19)17-7-5-6-10(17)14(20)21-4/h10H,5-7H2,1-4H3. The van der Waals surface area contributed by atoms with Crippen molar-refractivity contribution in [2.24, 2.45) is 7.05 Å². The Hall–Kier alpha value is -2.18. The first-order chi connectivity index (χ1) is 9.88. The minimum Gasteiger partial charge on any atom is -0.467 e. The molecule has 0 spiro atoms. The molecule has 0 radical (unpaired) electrons. The van der Waals surface area contributed by atoms with E-state index in [4.69, 9.17) is 4.74 Å². The fourth-order valence-electron chi connectivity index (χ4n) is 2.63. The van der Waals surface area contributed by atoms with E-state index in [2.05, 4.69) is 5.10 Å². The third-order valence-electron chi connectivity index (χ3n) is 3.93. The Bertz CT molecular complexity index is 650. The molecule has 1 saturated heterocycles. The first-order valence-electron chi connectivity index (χ1n) is 6.81. The molecule has 1 unspecified atom stereocenters. The van der Waals surface area contributed by atoms with Gasteiger partial charge in [-0.3, -0.25) is 9.59 Å². The fraction of sp³-hybridized carbons (Fsp3) is 0.571. The normalized spacial score (nSPS) is 17.9. The predicted molar refractivity (Wildman–Crippen MR) is 75.0 cm³/mol. The van der Waals surface area contributed by atoms with Crippen molar-refractivity contribution < 1.29 is 14.3 Å². The lowest BCUT2D eigenvalue weighted by Crippen LogP contribution is -2.44. The molecule has 21 heavy (non-hydrogen) atoms. The number of esters is 1. The van der Waals surface area contributed by atoms with Gasteiger partial charge in [-0.1, -0.05) is 0 Å². The van der Waals surface area contributed by atoms with E-state index in [1.54, 1.807) is 13.8 Å². The van der Waals surface area contributed by atoms with Crippen molar-refractivity contribution in [2.45, 2.75) is 32.7 Å². The lowest BCUT2D eigenvalue weighted by molar-refractivity contribution is -0.145. The number of carbonyl (C=O) groups is 2. The molecule has 1 aromatic rings. The number of aromatic nitrogens is 2. The molecule has 1 fully saturated rings. The van der Waals surface area contributed by atoms with Crippen LogP contribution in [-0.4, -0.2) is 46.3 Å². The van der Waals surface area contributed by atoms with Crippen LogP contribution in [0.1, 0.15) is 34.5 Å². The number of amides is 1. The van der Waals surface area contributed by atoms with Gasteiger partial charge in [-0.15, -0.1) is 0 Å². The molecular formula is C14H19N3O4. The average Bonchev–Trinajstić information content (AvgIpc) is 2.93. The number of nitrogens with zero attached hydrogens (tertiary/aromatic N) is 3. The number of methoxy groups -OCH3 is 1. The summed E-state index contributed by atoms with van der Waals surface area (Å²) in [4.78, 5) is 38.1. The summed E-state index contributed by atoms with van der Waals surface area (Å²) in [5, 5.41) is 4.05. The molecule has 0 aliphatic carbocycles. The molecule has 0 bridgehead atoms. The van der Waals surface area contributed by atoms with Crippen LogP contribution in [0.3, 0.4) is 0 Å². The minimum absolute atomic E-state index is 0.0841. The average molecular weight is 293 g/mol. The second-order valence-corrected chi connectivity index (χ2v) is 5.19. The molecule has 0 aromatic carbocycles. The van der Waals surface area contributed by atoms with Crippen LogP contribution >= 0.6 is 0 Å².